The van der Waals surface area contributed by atoms with E-state index in [1.165, 1.54) is 28.9 Å². The van der Waals surface area contributed by atoms with Gasteiger partial charge < -0.3 is 16.0 Å². The Morgan fingerprint density at radius 2 is 1.78 bits per heavy atom. The van der Waals surface area contributed by atoms with Crippen LogP contribution in [0.25, 0.3) is 0 Å². The molecule has 1 aliphatic heterocycles. The molecule has 3 aromatic rings. The van der Waals surface area contributed by atoms with E-state index in [2.05, 4.69) is 69.8 Å². The number of nitrogens with one attached hydrogen (secondary N) is 1. The van der Waals surface area contributed by atoms with Crippen LogP contribution in [-0.4, -0.2) is 11.5 Å². The van der Waals surface area contributed by atoms with Crippen LogP contribution in [0.4, 0.5) is 11.4 Å². The molecule has 0 amide bonds. The number of aromatic nitrogens is 1. The van der Waals surface area contributed by atoms with E-state index in [4.69, 9.17) is 5.73 Å². The van der Waals surface area contributed by atoms with E-state index < -0.39 is 0 Å². The Bertz CT molecular complexity index is 875. The third-order valence-corrected chi connectivity index (χ3v) is 5.11. The van der Waals surface area contributed by atoms with Gasteiger partial charge in [0.25, 0.3) is 0 Å². The molecule has 27 heavy (non-hydrogen) atoms. The van der Waals surface area contributed by atoms with Crippen LogP contribution in [0.2, 0.25) is 0 Å². The lowest BCUT2D eigenvalue weighted by Crippen LogP contribution is -2.25. The Labute approximate surface area is 161 Å². The van der Waals surface area contributed by atoms with Crippen LogP contribution >= 0.6 is 0 Å². The molecule has 2 heterocycles. The van der Waals surface area contributed by atoms with Crippen LogP contribution in [-0.2, 0) is 26.1 Å². The number of benzene rings is 2. The predicted octanol–water partition coefficient (Wildman–Crippen LogP) is 4.11. The number of nitrogens with two attached hydrogens (primary N) is 1. The van der Waals surface area contributed by atoms with Gasteiger partial charge in [-0.15, -0.1) is 0 Å². The summed E-state index contributed by atoms with van der Waals surface area (Å²) in [6.45, 7) is 3.22. The molecule has 0 aliphatic carbocycles. The van der Waals surface area contributed by atoms with Crippen LogP contribution in [0, 0.1) is 0 Å². The fourth-order valence-corrected chi connectivity index (χ4v) is 3.67. The zero-order chi connectivity index (χ0) is 18.5. The van der Waals surface area contributed by atoms with Crippen LogP contribution < -0.4 is 16.0 Å². The zero-order valence-corrected chi connectivity index (χ0v) is 15.6. The lowest BCUT2D eigenvalue weighted by atomic mass is 10.0. The molecule has 0 atom stereocenters. The molecule has 1 aliphatic rings. The Kier molecular flexibility index (Phi) is 5.35. The average molecular weight is 358 g/mol. The van der Waals surface area contributed by atoms with E-state index in [9.17, 15) is 0 Å². The quantitative estimate of drug-likeness (QED) is 0.696. The summed E-state index contributed by atoms with van der Waals surface area (Å²) in [7, 11) is 0. The van der Waals surface area contributed by atoms with E-state index in [1.807, 2.05) is 12.3 Å². The second kappa shape index (κ2) is 8.23. The lowest BCUT2D eigenvalue weighted by molar-refractivity contribution is 0.771. The number of fused-ring (bicyclic) bond motifs is 1. The van der Waals surface area contributed by atoms with Gasteiger partial charge in [-0.25, -0.2) is 0 Å². The number of hydrogen-bond acceptors (Lipinski definition) is 4. The molecule has 4 heteroatoms. The van der Waals surface area contributed by atoms with Gasteiger partial charge in [-0.1, -0.05) is 42.5 Å². The van der Waals surface area contributed by atoms with Gasteiger partial charge in [0.05, 0.1) is 23.6 Å². The van der Waals surface area contributed by atoms with Crippen molar-refractivity contribution in [1.82, 2.24) is 4.98 Å². The summed E-state index contributed by atoms with van der Waals surface area (Å²) in [5.41, 5.74) is 13.2. The number of anilines is 2. The summed E-state index contributed by atoms with van der Waals surface area (Å²) >= 11 is 0. The van der Waals surface area contributed by atoms with Crippen molar-refractivity contribution in [3.8, 4) is 0 Å². The van der Waals surface area contributed by atoms with Crippen LogP contribution in [0.3, 0.4) is 0 Å². The SMILES string of the molecule is NCc1ccc(CN(Cc2ccccn2)c2cccc3c2NCCC3)cc1. The number of rotatable bonds is 6. The highest BCUT2D eigenvalue weighted by Gasteiger charge is 2.18. The molecule has 2 aromatic carbocycles. The molecule has 0 bridgehead atoms. The molecule has 0 unspecified atom stereocenters. The highest BCUT2D eigenvalue weighted by Crippen LogP contribution is 2.34. The Morgan fingerprint density at radius 3 is 2.56 bits per heavy atom. The number of nitrogens with zero attached hydrogens (tertiary/aromatic N) is 2. The minimum absolute atomic E-state index is 0.577. The maximum atomic E-state index is 5.74. The monoisotopic (exact) mass is 358 g/mol. The first kappa shape index (κ1) is 17.6. The van der Waals surface area contributed by atoms with Crippen molar-refractivity contribution >= 4 is 11.4 Å². The van der Waals surface area contributed by atoms with Gasteiger partial charge in [0, 0.05) is 25.8 Å². The van der Waals surface area contributed by atoms with Gasteiger partial charge >= 0.3 is 0 Å². The molecule has 0 saturated carbocycles. The van der Waals surface area contributed by atoms with Crippen molar-refractivity contribution in [3.63, 3.8) is 0 Å². The first-order valence-electron chi connectivity index (χ1n) is 9.62. The Morgan fingerprint density at radius 1 is 0.926 bits per heavy atom. The normalized spacial score (nSPS) is 12.9. The molecule has 1 aromatic heterocycles. The van der Waals surface area contributed by atoms with Gasteiger partial charge in [-0.3, -0.25) is 4.98 Å². The molecule has 0 spiro atoms. The predicted molar refractivity (Wildman–Crippen MR) is 112 cm³/mol. The number of hydrogen-bond donors (Lipinski definition) is 2. The lowest BCUT2D eigenvalue weighted by Gasteiger charge is -2.30. The topological polar surface area (TPSA) is 54.2 Å². The van der Waals surface area contributed by atoms with Gasteiger partial charge in [0.15, 0.2) is 0 Å². The van der Waals surface area contributed by atoms with Gasteiger partial charge in [-0.05, 0) is 47.7 Å². The maximum Gasteiger partial charge on any atom is 0.0611 e. The van der Waals surface area contributed by atoms with Gasteiger partial charge in [-0.2, -0.15) is 0 Å². The van der Waals surface area contributed by atoms with E-state index in [0.29, 0.717) is 6.54 Å². The molecule has 0 saturated heterocycles. The van der Waals surface area contributed by atoms with E-state index in [1.54, 1.807) is 0 Å². The molecular weight excluding hydrogens is 332 g/mol. The summed E-state index contributed by atoms with van der Waals surface area (Å²) < 4.78 is 0. The largest absolute Gasteiger partial charge is 0.383 e. The van der Waals surface area contributed by atoms with Crippen LogP contribution in [0.5, 0.6) is 0 Å². The number of aryl methyl sites for hydroxylation is 1. The zero-order valence-electron chi connectivity index (χ0n) is 15.6. The summed E-state index contributed by atoms with van der Waals surface area (Å²) in [5, 5.41) is 3.62. The van der Waals surface area contributed by atoms with Gasteiger partial charge in [0.1, 0.15) is 0 Å². The van der Waals surface area contributed by atoms with Crippen LogP contribution in [0.15, 0.2) is 66.9 Å². The van der Waals surface area contributed by atoms with E-state index in [0.717, 1.165) is 37.3 Å². The first-order chi connectivity index (χ1) is 13.3. The summed E-state index contributed by atoms with van der Waals surface area (Å²) in [6, 6.07) is 21.3. The molecule has 3 N–H and O–H groups in total. The Hall–Kier alpha value is -2.85. The standard InChI is InChI=1S/C23H26N4/c24-15-18-9-11-19(12-10-18)16-27(17-21-7-1-2-13-25-21)22-8-3-5-20-6-4-14-26-23(20)22/h1-3,5,7-13,26H,4,6,14-17,24H2. The van der Waals surface area contributed by atoms with Gasteiger partial charge in [0.2, 0.25) is 0 Å². The molecule has 0 fully saturated rings. The van der Waals surface area contributed by atoms with Crippen molar-refractivity contribution in [2.45, 2.75) is 32.5 Å². The van der Waals surface area contributed by atoms with Crippen molar-refractivity contribution < 1.29 is 0 Å². The Balaban J connectivity index is 1.67. The van der Waals surface area contributed by atoms with E-state index >= 15 is 0 Å². The number of pyridine rings is 1. The molecule has 4 rings (SSSR count). The third-order valence-electron chi connectivity index (χ3n) is 5.11. The first-order valence-corrected chi connectivity index (χ1v) is 9.62. The average Bonchev–Trinajstić information content (AvgIpc) is 2.74. The highest BCUT2D eigenvalue weighted by molar-refractivity contribution is 5.74. The molecule has 4 nitrogen and oxygen atoms in total. The minimum Gasteiger partial charge on any atom is -0.383 e. The van der Waals surface area contributed by atoms with Crippen molar-refractivity contribution in [1.29, 1.82) is 0 Å². The third kappa shape index (κ3) is 4.12. The van der Waals surface area contributed by atoms with E-state index in [-0.39, 0.29) is 0 Å². The fourth-order valence-electron chi connectivity index (χ4n) is 3.67. The summed E-state index contributed by atoms with van der Waals surface area (Å²) in [6.07, 6.45) is 4.19. The number of para-hydroxylation sites is 1. The summed E-state index contributed by atoms with van der Waals surface area (Å²) in [4.78, 5) is 6.96. The molecule has 0 radical (unpaired) electrons. The second-order valence-corrected chi connectivity index (χ2v) is 7.04. The summed E-state index contributed by atoms with van der Waals surface area (Å²) in [5.74, 6) is 0. The molecule has 138 valence electrons. The minimum atomic E-state index is 0.577. The second-order valence-electron chi connectivity index (χ2n) is 7.04. The molecular formula is C23H26N4. The maximum absolute atomic E-state index is 5.74. The van der Waals surface area contributed by atoms with Crippen molar-refractivity contribution in [3.05, 3.63) is 89.2 Å². The smallest absolute Gasteiger partial charge is 0.0611 e. The fraction of sp³-hybridized carbons (Fsp3) is 0.261. The van der Waals surface area contributed by atoms with Crippen molar-refractivity contribution in [2.24, 2.45) is 5.73 Å². The van der Waals surface area contributed by atoms with Crippen LogP contribution in [0.1, 0.15) is 28.8 Å². The van der Waals surface area contributed by atoms with Crippen molar-refractivity contribution in [2.75, 3.05) is 16.8 Å². The highest BCUT2D eigenvalue weighted by atomic mass is 15.2.